The molecular formula is C10H11ClN2O. The fourth-order valence-electron chi connectivity index (χ4n) is 1.03. The van der Waals surface area contributed by atoms with E-state index in [1.807, 2.05) is 12.1 Å². The van der Waals surface area contributed by atoms with Crippen LogP contribution in [0.3, 0.4) is 0 Å². The molecule has 1 unspecified atom stereocenters. The molecule has 1 aromatic carbocycles. The second kappa shape index (κ2) is 5.48. The molecular weight excluding hydrogens is 200 g/mol. The predicted octanol–water partition coefficient (Wildman–Crippen LogP) is 2.29. The fraction of sp³-hybridized carbons (Fsp3) is 0.300. The van der Waals surface area contributed by atoms with Gasteiger partial charge in [-0.1, -0.05) is 11.6 Å². The average Bonchev–Trinajstić information content (AvgIpc) is 2.20. The topological polar surface area (TPSA) is 45.0 Å². The Balaban J connectivity index is 2.59. The number of benzene rings is 1. The molecule has 0 bridgehead atoms. The standard InChI is InChI=1S/C10H11ClN2O/c1-14-7-10(6-12)13-9-4-2-8(11)3-5-9/h2-5,10,13H,7H2,1H3. The third kappa shape index (κ3) is 3.25. The Morgan fingerprint density at radius 1 is 1.50 bits per heavy atom. The molecule has 0 aliphatic rings. The summed E-state index contributed by atoms with van der Waals surface area (Å²) in [5.74, 6) is 0. The summed E-state index contributed by atoms with van der Waals surface area (Å²) in [6.45, 7) is 0.360. The number of methoxy groups -OCH3 is 1. The number of rotatable bonds is 4. The van der Waals surface area contributed by atoms with Gasteiger partial charge in [0.05, 0.1) is 12.7 Å². The van der Waals surface area contributed by atoms with Gasteiger partial charge in [-0.15, -0.1) is 0 Å². The van der Waals surface area contributed by atoms with Gasteiger partial charge in [0, 0.05) is 17.8 Å². The van der Waals surface area contributed by atoms with Crippen molar-refractivity contribution in [3.05, 3.63) is 29.3 Å². The Kier molecular flexibility index (Phi) is 4.24. The Labute approximate surface area is 88.3 Å². The fourth-order valence-corrected chi connectivity index (χ4v) is 1.15. The summed E-state index contributed by atoms with van der Waals surface area (Å²) in [7, 11) is 1.56. The number of hydrogen-bond donors (Lipinski definition) is 1. The van der Waals surface area contributed by atoms with Crippen LogP contribution < -0.4 is 5.32 Å². The summed E-state index contributed by atoms with van der Waals surface area (Å²) in [5.41, 5.74) is 0.859. The molecule has 0 aliphatic heterocycles. The summed E-state index contributed by atoms with van der Waals surface area (Å²) >= 11 is 5.73. The number of ether oxygens (including phenoxy) is 1. The lowest BCUT2D eigenvalue weighted by atomic mass is 10.2. The largest absolute Gasteiger partial charge is 0.381 e. The zero-order valence-electron chi connectivity index (χ0n) is 7.83. The summed E-state index contributed by atoms with van der Waals surface area (Å²) in [6, 6.07) is 8.95. The maximum atomic E-state index is 8.75. The molecule has 0 fully saturated rings. The van der Waals surface area contributed by atoms with Gasteiger partial charge in [-0.25, -0.2) is 0 Å². The highest BCUT2D eigenvalue weighted by Crippen LogP contribution is 2.14. The number of anilines is 1. The molecule has 0 aliphatic carbocycles. The number of halogens is 1. The van der Waals surface area contributed by atoms with Gasteiger partial charge >= 0.3 is 0 Å². The van der Waals surface area contributed by atoms with E-state index in [0.29, 0.717) is 11.6 Å². The number of nitrogens with zero attached hydrogens (tertiary/aromatic N) is 1. The highest BCUT2D eigenvalue weighted by atomic mass is 35.5. The molecule has 14 heavy (non-hydrogen) atoms. The Morgan fingerprint density at radius 3 is 2.64 bits per heavy atom. The third-order valence-electron chi connectivity index (χ3n) is 1.67. The first kappa shape index (κ1) is 10.8. The van der Waals surface area contributed by atoms with Crippen LogP contribution >= 0.6 is 11.6 Å². The lowest BCUT2D eigenvalue weighted by molar-refractivity contribution is 0.198. The van der Waals surface area contributed by atoms with Crippen molar-refractivity contribution in [1.82, 2.24) is 0 Å². The quantitative estimate of drug-likeness (QED) is 0.830. The SMILES string of the molecule is COCC(C#N)Nc1ccc(Cl)cc1. The smallest absolute Gasteiger partial charge is 0.138 e. The van der Waals surface area contributed by atoms with Crippen molar-refractivity contribution in [3.63, 3.8) is 0 Å². The van der Waals surface area contributed by atoms with Crippen molar-refractivity contribution in [1.29, 1.82) is 5.26 Å². The first-order valence-electron chi connectivity index (χ1n) is 4.17. The van der Waals surface area contributed by atoms with Crippen LogP contribution in [0.4, 0.5) is 5.69 Å². The second-order valence-electron chi connectivity index (χ2n) is 2.79. The Bertz CT molecular complexity index is 318. The molecule has 3 nitrogen and oxygen atoms in total. The molecule has 0 heterocycles. The molecule has 1 rings (SSSR count). The second-order valence-corrected chi connectivity index (χ2v) is 3.22. The minimum absolute atomic E-state index is 0.332. The van der Waals surface area contributed by atoms with Crippen LogP contribution in [0.5, 0.6) is 0 Å². The van der Waals surface area contributed by atoms with Crippen LogP contribution in [0.15, 0.2) is 24.3 Å². The summed E-state index contributed by atoms with van der Waals surface area (Å²) in [4.78, 5) is 0. The van der Waals surface area contributed by atoms with Gasteiger partial charge < -0.3 is 10.1 Å². The van der Waals surface area contributed by atoms with Crippen LogP contribution in [-0.2, 0) is 4.74 Å². The summed E-state index contributed by atoms with van der Waals surface area (Å²) in [6.07, 6.45) is 0. The van der Waals surface area contributed by atoms with Gasteiger partial charge in [0.1, 0.15) is 6.04 Å². The van der Waals surface area contributed by atoms with Crippen molar-refractivity contribution in [2.75, 3.05) is 19.0 Å². The van der Waals surface area contributed by atoms with Crippen molar-refractivity contribution >= 4 is 17.3 Å². The van der Waals surface area contributed by atoms with Crippen LogP contribution in [0.2, 0.25) is 5.02 Å². The predicted molar refractivity (Wildman–Crippen MR) is 56.4 cm³/mol. The van der Waals surface area contributed by atoms with Crippen molar-refractivity contribution in [3.8, 4) is 6.07 Å². The zero-order valence-corrected chi connectivity index (χ0v) is 8.58. The molecule has 74 valence electrons. The number of nitrogens with one attached hydrogen (secondary N) is 1. The zero-order chi connectivity index (χ0) is 10.4. The van der Waals surface area contributed by atoms with Gasteiger partial charge in [0.25, 0.3) is 0 Å². The van der Waals surface area contributed by atoms with E-state index < -0.39 is 0 Å². The molecule has 0 spiro atoms. The van der Waals surface area contributed by atoms with Crippen LogP contribution in [0, 0.1) is 11.3 Å². The number of nitriles is 1. The van der Waals surface area contributed by atoms with E-state index >= 15 is 0 Å². The van der Waals surface area contributed by atoms with E-state index in [4.69, 9.17) is 21.6 Å². The Morgan fingerprint density at radius 2 is 2.14 bits per heavy atom. The molecule has 0 aromatic heterocycles. The highest BCUT2D eigenvalue weighted by molar-refractivity contribution is 6.30. The summed E-state index contributed by atoms with van der Waals surface area (Å²) < 4.78 is 4.88. The van der Waals surface area contributed by atoms with Gasteiger partial charge in [-0.05, 0) is 24.3 Å². The monoisotopic (exact) mass is 210 g/mol. The maximum absolute atomic E-state index is 8.75. The van der Waals surface area contributed by atoms with Gasteiger partial charge in [0.15, 0.2) is 0 Å². The summed E-state index contributed by atoms with van der Waals surface area (Å²) in [5, 5.41) is 12.4. The normalized spacial score (nSPS) is 11.8. The molecule has 0 saturated carbocycles. The van der Waals surface area contributed by atoms with E-state index in [1.165, 1.54) is 0 Å². The highest BCUT2D eigenvalue weighted by Gasteiger charge is 2.05. The van der Waals surface area contributed by atoms with Gasteiger partial charge in [-0.3, -0.25) is 0 Å². The van der Waals surface area contributed by atoms with E-state index in [-0.39, 0.29) is 6.04 Å². The minimum Gasteiger partial charge on any atom is -0.381 e. The molecule has 1 aromatic rings. The number of hydrogen-bond acceptors (Lipinski definition) is 3. The van der Waals surface area contributed by atoms with E-state index in [9.17, 15) is 0 Å². The molecule has 1 atom stereocenters. The maximum Gasteiger partial charge on any atom is 0.138 e. The lowest BCUT2D eigenvalue weighted by Crippen LogP contribution is -2.22. The average molecular weight is 211 g/mol. The van der Waals surface area contributed by atoms with Crippen molar-refractivity contribution < 1.29 is 4.74 Å². The minimum atomic E-state index is -0.332. The van der Waals surface area contributed by atoms with Gasteiger partial charge in [0.2, 0.25) is 0 Å². The third-order valence-corrected chi connectivity index (χ3v) is 1.93. The van der Waals surface area contributed by atoms with Crippen LogP contribution in [0.1, 0.15) is 0 Å². The van der Waals surface area contributed by atoms with Crippen LogP contribution in [0.25, 0.3) is 0 Å². The first-order chi connectivity index (χ1) is 6.76. The molecule has 1 N–H and O–H groups in total. The van der Waals surface area contributed by atoms with Gasteiger partial charge in [-0.2, -0.15) is 5.26 Å². The molecule has 0 radical (unpaired) electrons. The van der Waals surface area contributed by atoms with E-state index in [0.717, 1.165) is 5.69 Å². The van der Waals surface area contributed by atoms with Crippen molar-refractivity contribution in [2.45, 2.75) is 6.04 Å². The van der Waals surface area contributed by atoms with E-state index in [1.54, 1.807) is 19.2 Å². The Hall–Kier alpha value is -1.24. The van der Waals surface area contributed by atoms with Crippen molar-refractivity contribution in [2.24, 2.45) is 0 Å². The molecule has 0 amide bonds. The molecule has 4 heteroatoms. The lowest BCUT2D eigenvalue weighted by Gasteiger charge is -2.11. The first-order valence-corrected chi connectivity index (χ1v) is 4.54. The molecule has 0 saturated heterocycles. The van der Waals surface area contributed by atoms with Crippen LogP contribution in [-0.4, -0.2) is 19.8 Å². The van der Waals surface area contributed by atoms with E-state index in [2.05, 4.69) is 11.4 Å².